The van der Waals surface area contributed by atoms with Gasteiger partial charge in [0.05, 0.1) is 7.11 Å². The van der Waals surface area contributed by atoms with Crippen molar-refractivity contribution >= 4 is 21.6 Å². The molecule has 2 nitrogen and oxygen atoms in total. The van der Waals surface area contributed by atoms with Crippen LogP contribution >= 0.6 is 15.9 Å². The highest BCUT2D eigenvalue weighted by molar-refractivity contribution is 9.10. The lowest BCUT2D eigenvalue weighted by atomic mass is 10.1. The van der Waals surface area contributed by atoms with Crippen LogP contribution in [-0.4, -0.2) is 7.11 Å². The van der Waals surface area contributed by atoms with E-state index in [2.05, 4.69) is 21.2 Å². The fourth-order valence-electron chi connectivity index (χ4n) is 1.87. The molecular weight excluding hydrogens is 328 g/mol. The molecule has 2 aromatic rings. The Kier molecular flexibility index (Phi) is 4.60. The summed E-state index contributed by atoms with van der Waals surface area (Å²) in [6.07, 6.45) is 0. The van der Waals surface area contributed by atoms with Crippen molar-refractivity contribution in [1.82, 2.24) is 0 Å². The van der Waals surface area contributed by atoms with E-state index >= 15 is 0 Å². The van der Waals surface area contributed by atoms with E-state index in [1.165, 1.54) is 12.1 Å². The molecule has 0 aliphatic rings. The van der Waals surface area contributed by atoms with Gasteiger partial charge in [0.1, 0.15) is 23.1 Å². The number of nitrogens with one attached hydrogen (secondary N) is 1. The molecule has 2 rings (SSSR count). The number of methoxy groups -OCH3 is 1. The van der Waals surface area contributed by atoms with Crippen LogP contribution < -0.4 is 10.1 Å². The van der Waals surface area contributed by atoms with Crippen LogP contribution in [0.5, 0.6) is 5.75 Å². The number of anilines is 1. The van der Waals surface area contributed by atoms with Gasteiger partial charge >= 0.3 is 0 Å². The molecule has 20 heavy (non-hydrogen) atoms. The Labute approximate surface area is 124 Å². The maximum absolute atomic E-state index is 13.8. The molecule has 0 spiro atoms. The highest BCUT2D eigenvalue weighted by atomic mass is 79.9. The normalized spacial score (nSPS) is 12.1. The third kappa shape index (κ3) is 3.28. The Bertz CT molecular complexity index is 578. The minimum atomic E-state index is -0.628. The second kappa shape index (κ2) is 6.22. The van der Waals surface area contributed by atoms with Crippen LogP contribution in [0.2, 0.25) is 0 Å². The first-order valence-electron chi connectivity index (χ1n) is 6.06. The second-order valence-corrected chi connectivity index (χ2v) is 5.30. The van der Waals surface area contributed by atoms with Crippen molar-refractivity contribution in [2.75, 3.05) is 12.4 Å². The molecule has 1 N–H and O–H groups in total. The van der Waals surface area contributed by atoms with Crippen molar-refractivity contribution in [1.29, 1.82) is 0 Å². The van der Waals surface area contributed by atoms with Crippen LogP contribution in [0.1, 0.15) is 18.5 Å². The van der Waals surface area contributed by atoms with Crippen LogP contribution in [0.25, 0.3) is 0 Å². The van der Waals surface area contributed by atoms with Gasteiger partial charge in [-0.1, -0.05) is 28.1 Å². The molecule has 106 valence electrons. The SMILES string of the molecule is COc1ccc(C(C)Nc2c(F)cc(Br)cc2F)cc1. The molecule has 0 aliphatic carbocycles. The fraction of sp³-hybridized carbons (Fsp3) is 0.200. The van der Waals surface area contributed by atoms with Gasteiger partial charge in [-0.05, 0) is 36.8 Å². The molecular formula is C15H14BrF2NO. The molecule has 0 aliphatic heterocycles. The van der Waals surface area contributed by atoms with Crippen LogP contribution in [0.15, 0.2) is 40.9 Å². The highest BCUT2D eigenvalue weighted by Crippen LogP contribution is 2.28. The maximum atomic E-state index is 13.8. The maximum Gasteiger partial charge on any atom is 0.150 e. The Morgan fingerprint density at radius 2 is 1.65 bits per heavy atom. The predicted octanol–water partition coefficient (Wildman–Crippen LogP) is 4.91. The average Bonchev–Trinajstić information content (AvgIpc) is 2.42. The summed E-state index contributed by atoms with van der Waals surface area (Å²) >= 11 is 3.05. The Balaban J connectivity index is 2.20. The monoisotopic (exact) mass is 341 g/mol. The largest absolute Gasteiger partial charge is 0.497 e. The number of hydrogen-bond donors (Lipinski definition) is 1. The topological polar surface area (TPSA) is 21.3 Å². The highest BCUT2D eigenvalue weighted by Gasteiger charge is 2.14. The first kappa shape index (κ1) is 14.8. The zero-order valence-electron chi connectivity index (χ0n) is 11.1. The summed E-state index contributed by atoms with van der Waals surface area (Å²) in [7, 11) is 1.59. The van der Waals surface area contributed by atoms with Crippen LogP contribution in [0.3, 0.4) is 0 Å². The van der Waals surface area contributed by atoms with E-state index in [-0.39, 0.29) is 11.7 Å². The second-order valence-electron chi connectivity index (χ2n) is 4.38. The number of ether oxygens (including phenoxy) is 1. The van der Waals surface area contributed by atoms with Crippen molar-refractivity contribution < 1.29 is 13.5 Å². The van der Waals surface area contributed by atoms with Crippen LogP contribution in [-0.2, 0) is 0 Å². The lowest BCUT2D eigenvalue weighted by Crippen LogP contribution is -2.09. The van der Waals surface area contributed by atoms with Crippen molar-refractivity contribution in [3.63, 3.8) is 0 Å². The zero-order valence-corrected chi connectivity index (χ0v) is 12.7. The summed E-state index contributed by atoms with van der Waals surface area (Å²) in [6, 6.07) is 9.55. The minimum absolute atomic E-state index is 0.128. The summed E-state index contributed by atoms with van der Waals surface area (Å²) in [5, 5.41) is 2.85. The molecule has 0 heterocycles. The first-order valence-corrected chi connectivity index (χ1v) is 6.85. The van der Waals surface area contributed by atoms with Gasteiger partial charge < -0.3 is 10.1 Å². The molecule has 0 saturated heterocycles. The summed E-state index contributed by atoms with van der Waals surface area (Å²) in [5.74, 6) is -0.517. The van der Waals surface area contributed by atoms with Gasteiger partial charge in [-0.15, -0.1) is 0 Å². The molecule has 0 saturated carbocycles. The van der Waals surface area contributed by atoms with Gasteiger partial charge in [0, 0.05) is 10.5 Å². The van der Waals surface area contributed by atoms with Gasteiger partial charge in [0.15, 0.2) is 0 Å². The standard InChI is InChI=1S/C15H14BrF2NO/c1-9(10-3-5-12(20-2)6-4-10)19-15-13(17)7-11(16)8-14(15)18/h3-9,19H,1-2H3. The third-order valence-electron chi connectivity index (χ3n) is 2.98. The zero-order chi connectivity index (χ0) is 14.7. The fourth-order valence-corrected chi connectivity index (χ4v) is 2.27. The van der Waals surface area contributed by atoms with Crippen molar-refractivity contribution in [3.8, 4) is 5.75 Å². The Morgan fingerprint density at radius 1 is 1.10 bits per heavy atom. The van der Waals surface area contributed by atoms with Crippen molar-refractivity contribution in [2.45, 2.75) is 13.0 Å². The first-order chi connectivity index (χ1) is 9.51. The quantitative estimate of drug-likeness (QED) is 0.853. The molecule has 0 amide bonds. The third-order valence-corrected chi connectivity index (χ3v) is 3.44. The van der Waals surface area contributed by atoms with E-state index in [1.54, 1.807) is 7.11 Å². The molecule has 1 unspecified atom stereocenters. The number of hydrogen-bond acceptors (Lipinski definition) is 2. The summed E-state index contributed by atoms with van der Waals surface area (Å²) < 4.78 is 33.0. The lowest BCUT2D eigenvalue weighted by Gasteiger charge is -2.17. The lowest BCUT2D eigenvalue weighted by molar-refractivity contribution is 0.414. The van der Waals surface area contributed by atoms with Gasteiger partial charge in [-0.2, -0.15) is 0 Å². The number of benzene rings is 2. The molecule has 5 heteroatoms. The van der Waals surface area contributed by atoms with Gasteiger partial charge in [-0.3, -0.25) is 0 Å². The summed E-state index contributed by atoms with van der Waals surface area (Å²) in [6.45, 7) is 1.84. The molecule has 0 aromatic heterocycles. The van der Waals surface area contributed by atoms with Crippen molar-refractivity contribution in [3.05, 3.63) is 58.1 Å². The molecule has 2 aromatic carbocycles. The number of rotatable bonds is 4. The Hall–Kier alpha value is -1.62. The summed E-state index contributed by atoms with van der Waals surface area (Å²) in [5.41, 5.74) is 0.782. The van der Waals surface area contributed by atoms with Gasteiger partial charge in [0.25, 0.3) is 0 Å². The van der Waals surface area contributed by atoms with E-state index in [1.807, 2.05) is 31.2 Å². The van der Waals surface area contributed by atoms with Crippen molar-refractivity contribution in [2.24, 2.45) is 0 Å². The molecule has 1 atom stereocenters. The van der Waals surface area contributed by atoms with Crippen LogP contribution in [0, 0.1) is 11.6 Å². The van der Waals surface area contributed by atoms with Gasteiger partial charge in [0.2, 0.25) is 0 Å². The average molecular weight is 342 g/mol. The van der Waals surface area contributed by atoms with E-state index in [4.69, 9.17) is 4.74 Å². The van der Waals surface area contributed by atoms with Crippen LogP contribution in [0.4, 0.5) is 14.5 Å². The van der Waals surface area contributed by atoms with Gasteiger partial charge in [-0.25, -0.2) is 8.78 Å². The smallest absolute Gasteiger partial charge is 0.150 e. The summed E-state index contributed by atoms with van der Waals surface area (Å²) in [4.78, 5) is 0. The Morgan fingerprint density at radius 3 is 2.15 bits per heavy atom. The van der Waals surface area contributed by atoms with E-state index in [0.29, 0.717) is 4.47 Å². The van der Waals surface area contributed by atoms with E-state index < -0.39 is 11.6 Å². The molecule has 0 bridgehead atoms. The van der Waals surface area contributed by atoms with E-state index in [9.17, 15) is 8.78 Å². The minimum Gasteiger partial charge on any atom is -0.497 e. The molecule has 0 fully saturated rings. The van der Waals surface area contributed by atoms with E-state index in [0.717, 1.165) is 11.3 Å². The predicted molar refractivity (Wildman–Crippen MR) is 79.1 cm³/mol. The number of halogens is 3. The molecule has 0 radical (unpaired) electrons.